The first kappa shape index (κ1) is 12.5. The van der Waals surface area contributed by atoms with E-state index in [0.717, 1.165) is 11.1 Å². The Kier molecular flexibility index (Phi) is 3.25. The van der Waals surface area contributed by atoms with Gasteiger partial charge in [0.15, 0.2) is 0 Å². The maximum Gasteiger partial charge on any atom is 0.342 e. The number of fused-ring (bicyclic) bond motifs is 1. The predicted molar refractivity (Wildman–Crippen MR) is 76.5 cm³/mol. The van der Waals surface area contributed by atoms with E-state index in [-0.39, 0.29) is 17.4 Å². The lowest BCUT2D eigenvalue weighted by Crippen LogP contribution is -2.26. The average molecular weight is 266 g/mol. The molecule has 1 N–H and O–H groups in total. The van der Waals surface area contributed by atoms with E-state index in [1.807, 2.05) is 48.6 Å². The Morgan fingerprint density at radius 1 is 1.10 bits per heavy atom. The van der Waals surface area contributed by atoms with Gasteiger partial charge in [-0.05, 0) is 23.3 Å². The number of aromatic hydroxyl groups is 1. The first-order chi connectivity index (χ1) is 9.74. The molecular weight excluding hydrogens is 252 g/mol. The van der Waals surface area contributed by atoms with Crippen molar-refractivity contribution in [1.29, 1.82) is 0 Å². The van der Waals surface area contributed by atoms with Crippen molar-refractivity contribution in [2.45, 2.75) is 12.5 Å². The number of ether oxygens (including phenoxy) is 1. The van der Waals surface area contributed by atoms with Crippen LogP contribution < -0.4 is 0 Å². The number of phenolic OH excluding ortho intramolecular Hbond substituents is 1. The van der Waals surface area contributed by atoms with E-state index in [2.05, 4.69) is 0 Å². The van der Waals surface area contributed by atoms with Crippen LogP contribution in [0.3, 0.4) is 0 Å². The Morgan fingerprint density at radius 2 is 1.90 bits per heavy atom. The summed E-state index contributed by atoms with van der Waals surface area (Å²) in [6.45, 7) is 0. The van der Waals surface area contributed by atoms with Crippen molar-refractivity contribution in [1.82, 2.24) is 0 Å². The average Bonchev–Trinajstić information content (AvgIpc) is 2.46. The SMILES string of the molecule is O=C1O[C@H](/C=C\c2ccccc2)Cc2cccc(O)c21. The fourth-order valence-corrected chi connectivity index (χ4v) is 2.34. The van der Waals surface area contributed by atoms with Gasteiger partial charge in [0.2, 0.25) is 0 Å². The summed E-state index contributed by atoms with van der Waals surface area (Å²) >= 11 is 0. The van der Waals surface area contributed by atoms with Crippen LogP contribution in [0, 0.1) is 0 Å². The highest BCUT2D eigenvalue weighted by atomic mass is 16.5. The van der Waals surface area contributed by atoms with Gasteiger partial charge in [-0.2, -0.15) is 0 Å². The summed E-state index contributed by atoms with van der Waals surface area (Å²) in [7, 11) is 0. The van der Waals surface area contributed by atoms with Gasteiger partial charge in [-0.15, -0.1) is 0 Å². The molecule has 0 saturated heterocycles. The molecule has 1 atom stereocenters. The van der Waals surface area contributed by atoms with Crippen molar-refractivity contribution in [2.75, 3.05) is 0 Å². The zero-order valence-electron chi connectivity index (χ0n) is 10.8. The standard InChI is InChI=1S/C17H14O3/c18-15-8-4-7-13-11-14(20-17(19)16(13)15)10-9-12-5-2-1-3-6-12/h1-10,14,18H,11H2/b10-9-/t14-/m1/s1. The van der Waals surface area contributed by atoms with Gasteiger partial charge in [0.1, 0.15) is 17.4 Å². The lowest BCUT2D eigenvalue weighted by atomic mass is 9.97. The molecule has 20 heavy (non-hydrogen) atoms. The third-order valence-electron chi connectivity index (χ3n) is 3.32. The molecule has 0 aliphatic carbocycles. The van der Waals surface area contributed by atoms with Crippen molar-refractivity contribution < 1.29 is 14.6 Å². The molecule has 0 amide bonds. The summed E-state index contributed by atoms with van der Waals surface area (Å²) in [5.74, 6) is -0.481. The van der Waals surface area contributed by atoms with Gasteiger partial charge < -0.3 is 9.84 Å². The van der Waals surface area contributed by atoms with Gasteiger partial charge in [0.05, 0.1) is 0 Å². The molecule has 0 aromatic heterocycles. The fraction of sp³-hybridized carbons (Fsp3) is 0.118. The molecule has 0 spiro atoms. The molecule has 0 fully saturated rings. The largest absolute Gasteiger partial charge is 0.507 e. The Bertz CT molecular complexity index is 659. The van der Waals surface area contributed by atoms with Crippen molar-refractivity contribution >= 4 is 12.0 Å². The minimum atomic E-state index is -0.466. The molecule has 100 valence electrons. The minimum absolute atomic E-state index is 0.0158. The smallest absolute Gasteiger partial charge is 0.342 e. The highest BCUT2D eigenvalue weighted by molar-refractivity contribution is 5.95. The molecule has 3 heteroatoms. The Morgan fingerprint density at radius 3 is 2.70 bits per heavy atom. The molecule has 2 aromatic carbocycles. The van der Waals surface area contributed by atoms with E-state index >= 15 is 0 Å². The number of carbonyl (C=O) groups is 1. The van der Waals surface area contributed by atoms with E-state index in [1.165, 1.54) is 6.07 Å². The number of carbonyl (C=O) groups excluding carboxylic acids is 1. The van der Waals surface area contributed by atoms with E-state index in [0.29, 0.717) is 6.42 Å². The monoisotopic (exact) mass is 266 g/mol. The Balaban J connectivity index is 1.82. The Hall–Kier alpha value is -2.55. The molecule has 0 bridgehead atoms. The minimum Gasteiger partial charge on any atom is -0.507 e. The van der Waals surface area contributed by atoms with Gasteiger partial charge >= 0.3 is 5.97 Å². The lowest BCUT2D eigenvalue weighted by molar-refractivity contribution is 0.0355. The van der Waals surface area contributed by atoms with Crippen molar-refractivity contribution in [3.63, 3.8) is 0 Å². The number of rotatable bonds is 2. The summed E-state index contributed by atoms with van der Waals surface area (Å²) in [5, 5.41) is 9.70. The number of cyclic esters (lactones) is 1. The maximum atomic E-state index is 11.9. The van der Waals surface area contributed by atoms with Crippen LogP contribution in [0.2, 0.25) is 0 Å². The number of benzene rings is 2. The molecule has 1 aliphatic heterocycles. The van der Waals surface area contributed by atoms with Crippen LogP contribution in [0.15, 0.2) is 54.6 Å². The van der Waals surface area contributed by atoms with Crippen LogP contribution in [0.5, 0.6) is 5.75 Å². The topological polar surface area (TPSA) is 46.5 Å². The normalized spacial score (nSPS) is 17.8. The molecule has 1 aliphatic rings. The highest BCUT2D eigenvalue weighted by Gasteiger charge is 2.27. The second kappa shape index (κ2) is 5.21. The highest BCUT2D eigenvalue weighted by Crippen LogP contribution is 2.28. The van der Waals surface area contributed by atoms with Crippen LogP contribution >= 0.6 is 0 Å². The first-order valence-corrected chi connectivity index (χ1v) is 6.49. The quantitative estimate of drug-likeness (QED) is 0.849. The van der Waals surface area contributed by atoms with Gasteiger partial charge in [-0.1, -0.05) is 48.5 Å². The van der Waals surface area contributed by atoms with E-state index in [9.17, 15) is 9.90 Å². The van der Waals surface area contributed by atoms with Gasteiger partial charge in [-0.3, -0.25) is 0 Å². The molecule has 0 unspecified atom stereocenters. The van der Waals surface area contributed by atoms with Crippen molar-refractivity contribution in [3.05, 3.63) is 71.3 Å². The predicted octanol–water partition coefficient (Wildman–Crippen LogP) is 3.19. The van der Waals surface area contributed by atoms with Crippen LogP contribution in [0.4, 0.5) is 0 Å². The number of hydrogen-bond donors (Lipinski definition) is 1. The Labute approximate surface area is 117 Å². The molecule has 0 radical (unpaired) electrons. The number of hydrogen-bond acceptors (Lipinski definition) is 3. The van der Waals surface area contributed by atoms with E-state index < -0.39 is 5.97 Å². The first-order valence-electron chi connectivity index (χ1n) is 6.49. The van der Waals surface area contributed by atoms with Crippen LogP contribution in [-0.2, 0) is 11.2 Å². The molecule has 3 rings (SSSR count). The second-order valence-electron chi connectivity index (χ2n) is 4.73. The molecule has 3 nitrogen and oxygen atoms in total. The molecule has 1 heterocycles. The fourth-order valence-electron chi connectivity index (χ4n) is 2.34. The summed E-state index contributed by atoms with van der Waals surface area (Å²) in [4.78, 5) is 11.9. The number of esters is 1. The van der Waals surface area contributed by atoms with E-state index in [1.54, 1.807) is 6.07 Å². The van der Waals surface area contributed by atoms with Gasteiger partial charge in [-0.25, -0.2) is 4.79 Å². The molecule has 0 saturated carbocycles. The van der Waals surface area contributed by atoms with Crippen LogP contribution in [0.25, 0.3) is 6.08 Å². The zero-order chi connectivity index (χ0) is 13.9. The third-order valence-corrected chi connectivity index (χ3v) is 3.32. The van der Waals surface area contributed by atoms with Crippen molar-refractivity contribution in [2.24, 2.45) is 0 Å². The van der Waals surface area contributed by atoms with Crippen LogP contribution in [-0.4, -0.2) is 17.2 Å². The summed E-state index contributed by atoms with van der Waals surface area (Å²) in [5.41, 5.74) is 2.17. The summed E-state index contributed by atoms with van der Waals surface area (Å²) in [6, 6.07) is 14.9. The summed E-state index contributed by atoms with van der Waals surface area (Å²) in [6.07, 6.45) is 4.10. The molecular formula is C17H14O3. The second-order valence-corrected chi connectivity index (χ2v) is 4.73. The number of phenols is 1. The van der Waals surface area contributed by atoms with Crippen LogP contribution in [0.1, 0.15) is 21.5 Å². The molecule has 2 aromatic rings. The van der Waals surface area contributed by atoms with Gasteiger partial charge in [0.25, 0.3) is 0 Å². The summed E-state index contributed by atoms with van der Waals surface area (Å²) < 4.78 is 5.33. The van der Waals surface area contributed by atoms with Crippen molar-refractivity contribution in [3.8, 4) is 5.75 Å². The van der Waals surface area contributed by atoms with Gasteiger partial charge in [0, 0.05) is 6.42 Å². The van der Waals surface area contributed by atoms with E-state index in [4.69, 9.17) is 4.74 Å². The zero-order valence-corrected chi connectivity index (χ0v) is 10.8. The maximum absolute atomic E-state index is 11.9. The lowest BCUT2D eigenvalue weighted by Gasteiger charge is -2.22. The third kappa shape index (κ3) is 2.43.